The fourth-order valence-electron chi connectivity index (χ4n) is 0.718. The number of halogens is 2. The lowest BCUT2D eigenvalue weighted by Crippen LogP contribution is -1.77. The van der Waals surface area contributed by atoms with E-state index in [0.29, 0.717) is 10.8 Å². The van der Waals surface area contributed by atoms with Gasteiger partial charge in [-0.3, -0.25) is 0 Å². The van der Waals surface area contributed by atoms with Gasteiger partial charge in [-0.05, 0) is 12.1 Å². The summed E-state index contributed by atoms with van der Waals surface area (Å²) in [4.78, 5) is 1.04. The maximum Gasteiger partial charge on any atom is 0.0541 e. The SMILES string of the molecule is C=C(Cl)CSc1ccccc1Cl. The Balaban J connectivity index is 2.63. The molecular formula is C9H8Cl2S. The first kappa shape index (κ1) is 9.97. The molecule has 1 aromatic rings. The van der Waals surface area contributed by atoms with E-state index in [-0.39, 0.29) is 0 Å². The quantitative estimate of drug-likeness (QED) is 0.687. The number of hydrogen-bond donors (Lipinski definition) is 0. The molecule has 0 aromatic heterocycles. The fraction of sp³-hybridized carbons (Fsp3) is 0.111. The smallest absolute Gasteiger partial charge is 0.0541 e. The van der Waals surface area contributed by atoms with E-state index in [9.17, 15) is 0 Å². The molecule has 0 N–H and O–H groups in total. The van der Waals surface area contributed by atoms with E-state index < -0.39 is 0 Å². The molecule has 0 heterocycles. The van der Waals surface area contributed by atoms with Crippen molar-refractivity contribution in [3.05, 3.63) is 40.9 Å². The van der Waals surface area contributed by atoms with Crippen LogP contribution < -0.4 is 0 Å². The summed E-state index contributed by atoms with van der Waals surface area (Å²) in [5.41, 5.74) is 0. The number of rotatable bonds is 3. The van der Waals surface area contributed by atoms with Gasteiger partial charge >= 0.3 is 0 Å². The topological polar surface area (TPSA) is 0 Å². The number of hydrogen-bond acceptors (Lipinski definition) is 1. The lowest BCUT2D eigenvalue weighted by Gasteiger charge is -2.01. The minimum atomic E-state index is 0.639. The summed E-state index contributed by atoms with van der Waals surface area (Å²) < 4.78 is 0. The first-order valence-corrected chi connectivity index (χ1v) is 5.15. The molecule has 0 fully saturated rings. The first-order chi connectivity index (χ1) is 5.70. The zero-order valence-electron chi connectivity index (χ0n) is 6.39. The third-order valence-corrected chi connectivity index (χ3v) is 3.11. The van der Waals surface area contributed by atoms with Crippen LogP contribution >= 0.6 is 35.0 Å². The molecule has 0 spiro atoms. The van der Waals surface area contributed by atoms with Crippen LogP contribution in [0.1, 0.15) is 0 Å². The van der Waals surface area contributed by atoms with Gasteiger partial charge < -0.3 is 0 Å². The van der Waals surface area contributed by atoms with Gasteiger partial charge in [-0.15, -0.1) is 11.8 Å². The fourth-order valence-corrected chi connectivity index (χ4v) is 1.87. The van der Waals surface area contributed by atoms with Crippen LogP contribution in [-0.2, 0) is 0 Å². The molecule has 12 heavy (non-hydrogen) atoms. The van der Waals surface area contributed by atoms with Crippen LogP contribution in [0.3, 0.4) is 0 Å². The summed E-state index contributed by atoms with van der Waals surface area (Å²) in [6, 6.07) is 7.68. The van der Waals surface area contributed by atoms with Crippen molar-refractivity contribution in [3.8, 4) is 0 Å². The van der Waals surface area contributed by atoms with Gasteiger partial charge in [0.15, 0.2) is 0 Å². The van der Waals surface area contributed by atoms with Crippen molar-refractivity contribution in [2.45, 2.75) is 4.90 Å². The molecule has 0 aliphatic rings. The highest BCUT2D eigenvalue weighted by atomic mass is 35.5. The average Bonchev–Trinajstić information content (AvgIpc) is 2.03. The van der Waals surface area contributed by atoms with Crippen LogP contribution in [0, 0.1) is 0 Å². The maximum absolute atomic E-state index is 5.91. The van der Waals surface area contributed by atoms with Gasteiger partial charge in [0.05, 0.1) is 5.02 Å². The lowest BCUT2D eigenvalue weighted by atomic mass is 10.4. The van der Waals surface area contributed by atoms with Crippen LogP contribution in [0.15, 0.2) is 40.8 Å². The highest BCUT2D eigenvalue weighted by Gasteiger charge is 1.98. The Labute approximate surface area is 86.6 Å². The van der Waals surface area contributed by atoms with Crippen molar-refractivity contribution in [2.24, 2.45) is 0 Å². The summed E-state index contributed by atoms with van der Waals surface area (Å²) in [5.74, 6) is 0.700. The molecule has 0 aliphatic heterocycles. The van der Waals surface area contributed by atoms with Crippen molar-refractivity contribution >= 4 is 35.0 Å². The second-order valence-electron chi connectivity index (χ2n) is 2.24. The molecule has 0 atom stereocenters. The summed E-state index contributed by atoms with van der Waals surface area (Å²) in [7, 11) is 0. The molecule has 0 bridgehead atoms. The Hall–Kier alpha value is -0.110. The van der Waals surface area contributed by atoms with Crippen LogP contribution in [0.5, 0.6) is 0 Å². The van der Waals surface area contributed by atoms with Gasteiger partial charge in [-0.2, -0.15) is 0 Å². The highest BCUT2D eigenvalue weighted by Crippen LogP contribution is 2.28. The molecule has 0 amide bonds. The summed E-state index contributed by atoms with van der Waals surface area (Å²) in [5, 5.41) is 1.40. The monoisotopic (exact) mass is 218 g/mol. The van der Waals surface area contributed by atoms with Crippen molar-refractivity contribution in [1.29, 1.82) is 0 Å². The number of thioether (sulfide) groups is 1. The molecule has 0 saturated heterocycles. The lowest BCUT2D eigenvalue weighted by molar-refractivity contribution is 1.46. The molecule has 3 heteroatoms. The predicted octanol–water partition coefficient (Wildman–Crippen LogP) is 4.18. The third-order valence-electron chi connectivity index (χ3n) is 1.22. The first-order valence-electron chi connectivity index (χ1n) is 3.41. The Morgan fingerprint density at radius 2 is 2.08 bits per heavy atom. The molecule has 0 unspecified atom stereocenters. The normalized spacial score (nSPS) is 9.83. The van der Waals surface area contributed by atoms with Gasteiger partial charge in [0.1, 0.15) is 0 Å². The Morgan fingerprint density at radius 1 is 1.42 bits per heavy atom. The van der Waals surface area contributed by atoms with E-state index in [1.807, 2.05) is 24.3 Å². The Morgan fingerprint density at radius 3 is 2.67 bits per heavy atom. The van der Waals surface area contributed by atoms with E-state index >= 15 is 0 Å². The molecule has 1 aromatic carbocycles. The van der Waals surface area contributed by atoms with Crippen LogP contribution in [0.2, 0.25) is 5.02 Å². The molecule has 0 aliphatic carbocycles. The van der Waals surface area contributed by atoms with Gasteiger partial charge in [-0.1, -0.05) is 41.9 Å². The maximum atomic E-state index is 5.91. The molecule has 64 valence electrons. The van der Waals surface area contributed by atoms with Crippen molar-refractivity contribution in [1.82, 2.24) is 0 Å². The largest absolute Gasteiger partial charge is 0.119 e. The summed E-state index contributed by atoms with van der Waals surface area (Å²) >= 11 is 13.1. The summed E-state index contributed by atoms with van der Waals surface area (Å²) in [6.07, 6.45) is 0. The van der Waals surface area contributed by atoms with Crippen molar-refractivity contribution in [3.63, 3.8) is 0 Å². The molecule has 0 radical (unpaired) electrons. The zero-order valence-corrected chi connectivity index (χ0v) is 8.72. The third kappa shape index (κ3) is 3.10. The van der Waals surface area contributed by atoms with E-state index in [1.54, 1.807) is 11.8 Å². The van der Waals surface area contributed by atoms with Crippen LogP contribution in [-0.4, -0.2) is 5.75 Å². The molecule has 0 nitrogen and oxygen atoms in total. The second-order valence-corrected chi connectivity index (χ2v) is 4.20. The Kier molecular flexibility index (Phi) is 3.99. The summed E-state index contributed by atoms with van der Waals surface area (Å²) in [6.45, 7) is 3.60. The van der Waals surface area contributed by atoms with Gasteiger partial charge in [0, 0.05) is 15.7 Å². The van der Waals surface area contributed by atoms with E-state index in [2.05, 4.69) is 6.58 Å². The van der Waals surface area contributed by atoms with Gasteiger partial charge in [0.2, 0.25) is 0 Å². The molecular weight excluding hydrogens is 211 g/mol. The van der Waals surface area contributed by atoms with Crippen LogP contribution in [0.25, 0.3) is 0 Å². The van der Waals surface area contributed by atoms with E-state index in [4.69, 9.17) is 23.2 Å². The minimum Gasteiger partial charge on any atom is -0.119 e. The zero-order chi connectivity index (χ0) is 8.97. The second kappa shape index (κ2) is 4.80. The average molecular weight is 219 g/mol. The van der Waals surface area contributed by atoms with Crippen molar-refractivity contribution < 1.29 is 0 Å². The van der Waals surface area contributed by atoms with Gasteiger partial charge in [0.25, 0.3) is 0 Å². The van der Waals surface area contributed by atoms with E-state index in [0.717, 1.165) is 9.92 Å². The van der Waals surface area contributed by atoms with E-state index in [1.165, 1.54) is 0 Å². The highest BCUT2D eigenvalue weighted by molar-refractivity contribution is 7.99. The standard InChI is InChI=1S/C9H8Cl2S/c1-7(10)6-12-9-5-3-2-4-8(9)11/h2-5H,1,6H2. The van der Waals surface area contributed by atoms with Crippen molar-refractivity contribution in [2.75, 3.05) is 5.75 Å². The molecule has 0 saturated carbocycles. The number of benzene rings is 1. The van der Waals surface area contributed by atoms with Crippen LogP contribution in [0.4, 0.5) is 0 Å². The Bertz CT molecular complexity index is 284. The van der Waals surface area contributed by atoms with Gasteiger partial charge in [-0.25, -0.2) is 0 Å². The predicted molar refractivity (Wildman–Crippen MR) is 57.2 cm³/mol. The molecule has 1 rings (SSSR count). The minimum absolute atomic E-state index is 0.639.